The van der Waals surface area contributed by atoms with E-state index in [1.807, 2.05) is 24.3 Å². The maximum absolute atomic E-state index is 12.6. The molecule has 2 heterocycles. The molecule has 26 heavy (non-hydrogen) atoms. The number of benzene rings is 1. The van der Waals surface area contributed by atoms with Crippen LogP contribution in [0.4, 0.5) is 5.69 Å². The van der Waals surface area contributed by atoms with Crippen LogP contribution in [0, 0.1) is 0 Å². The Morgan fingerprint density at radius 3 is 2.58 bits per heavy atom. The zero-order valence-corrected chi connectivity index (χ0v) is 15.5. The van der Waals surface area contributed by atoms with Gasteiger partial charge >= 0.3 is 0 Å². The average molecular weight is 358 g/mol. The summed E-state index contributed by atoms with van der Waals surface area (Å²) in [6, 6.07) is 7.08. The van der Waals surface area contributed by atoms with Gasteiger partial charge in [0.1, 0.15) is 6.04 Å². The summed E-state index contributed by atoms with van der Waals surface area (Å²) < 4.78 is 0. The number of piperazine rings is 1. The molecule has 1 aromatic carbocycles. The molecule has 0 aliphatic carbocycles. The molecule has 0 saturated carbocycles. The number of carbonyl (C=O) groups is 2. The molecule has 140 valence electrons. The first kappa shape index (κ1) is 18.4. The smallest absolute Gasteiger partial charge is 0.249 e. The first-order valence-corrected chi connectivity index (χ1v) is 9.45. The van der Waals surface area contributed by atoms with Gasteiger partial charge in [-0.15, -0.1) is 0 Å². The molecule has 0 unspecified atom stereocenters. The minimum absolute atomic E-state index is 0.0859. The van der Waals surface area contributed by atoms with Gasteiger partial charge in [-0.2, -0.15) is 0 Å². The molecule has 3 N–H and O–H groups in total. The fourth-order valence-electron chi connectivity index (χ4n) is 3.33. The average Bonchev–Trinajstić information content (AvgIpc) is 2.68. The number of carbonyl (C=O) groups excluding carboxylic acids is 2. The van der Waals surface area contributed by atoms with Gasteiger partial charge in [-0.25, -0.2) is 4.99 Å². The first-order chi connectivity index (χ1) is 12.6. The molecule has 0 spiro atoms. The van der Waals surface area contributed by atoms with Gasteiger partial charge in [-0.3, -0.25) is 14.9 Å². The maximum atomic E-state index is 12.6. The molecule has 2 amide bonds. The van der Waals surface area contributed by atoms with Crippen molar-refractivity contribution < 1.29 is 14.5 Å². The van der Waals surface area contributed by atoms with Gasteiger partial charge in [0.05, 0.1) is 39.1 Å². The van der Waals surface area contributed by atoms with Gasteiger partial charge < -0.3 is 15.1 Å². The fraction of sp³-hybridized carbons (Fsp3) is 0.526. The van der Waals surface area contributed by atoms with E-state index in [9.17, 15) is 9.59 Å². The van der Waals surface area contributed by atoms with Gasteiger partial charge in [-0.05, 0) is 31.0 Å². The molecule has 1 saturated heterocycles. The molecule has 0 aromatic heterocycles. The van der Waals surface area contributed by atoms with Crippen molar-refractivity contribution in [3.05, 3.63) is 29.8 Å². The van der Waals surface area contributed by atoms with Gasteiger partial charge in [0.15, 0.2) is 0 Å². The Morgan fingerprint density at radius 2 is 1.96 bits per heavy atom. The van der Waals surface area contributed by atoms with Crippen LogP contribution >= 0.6 is 0 Å². The van der Waals surface area contributed by atoms with Crippen LogP contribution in [0.5, 0.6) is 0 Å². The van der Waals surface area contributed by atoms with E-state index in [2.05, 4.69) is 34.4 Å². The molecular formula is C19H28N5O2+. The molecule has 3 rings (SSSR count). The first-order valence-electron chi connectivity index (χ1n) is 9.45. The number of amides is 2. The molecule has 7 nitrogen and oxygen atoms in total. The molecule has 2 aliphatic rings. The minimum Gasteiger partial charge on any atom is -0.332 e. The summed E-state index contributed by atoms with van der Waals surface area (Å²) in [6.07, 6.45) is 1.04. The van der Waals surface area contributed by atoms with Crippen molar-refractivity contribution in [2.45, 2.75) is 32.7 Å². The van der Waals surface area contributed by atoms with Crippen LogP contribution in [0.3, 0.4) is 0 Å². The Morgan fingerprint density at radius 1 is 1.27 bits per heavy atom. The Hall–Kier alpha value is -2.41. The van der Waals surface area contributed by atoms with Crippen molar-refractivity contribution in [2.24, 2.45) is 4.99 Å². The van der Waals surface area contributed by atoms with Crippen molar-refractivity contribution in [1.29, 1.82) is 0 Å². The van der Waals surface area contributed by atoms with Crippen molar-refractivity contribution in [1.82, 2.24) is 10.2 Å². The zero-order valence-electron chi connectivity index (χ0n) is 15.5. The van der Waals surface area contributed by atoms with E-state index < -0.39 is 6.04 Å². The lowest BCUT2D eigenvalue weighted by Gasteiger charge is -2.35. The molecule has 0 radical (unpaired) electrons. The second-order valence-corrected chi connectivity index (χ2v) is 6.85. The molecule has 1 atom stereocenters. The van der Waals surface area contributed by atoms with Crippen LogP contribution in [0.25, 0.3) is 0 Å². The van der Waals surface area contributed by atoms with E-state index in [0.717, 1.165) is 44.8 Å². The molecule has 7 heteroatoms. The SMILES string of the molecule is CCc1ccc(NC(=O)[C@H]2CC(=O)NC(N3CC[NH+](CC)CC3)=N2)cc1. The van der Waals surface area contributed by atoms with Crippen molar-refractivity contribution in [3.63, 3.8) is 0 Å². The zero-order chi connectivity index (χ0) is 18.5. The number of anilines is 1. The molecule has 1 aromatic rings. The highest BCUT2D eigenvalue weighted by atomic mass is 16.2. The number of nitrogens with one attached hydrogen (secondary N) is 3. The third kappa shape index (κ3) is 4.40. The van der Waals surface area contributed by atoms with E-state index in [1.54, 1.807) is 4.90 Å². The van der Waals surface area contributed by atoms with Crippen LogP contribution in [0.2, 0.25) is 0 Å². The van der Waals surface area contributed by atoms with Crippen molar-refractivity contribution >= 4 is 23.5 Å². The molecular weight excluding hydrogens is 330 g/mol. The Bertz CT molecular complexity index is 678. The predicted octanol–water partition coefficient (Wildman–Crippen LogP) is -0.348. The fourth-order valence-corrected chi connectivity index (χ4v) is 3.33. The Kier molecular flexibility index (Phi) is 5.88. The normalized spacial score (nSPS) is 21.2. The number of rotatable bonds is 4. The van der Waals surface area contributed by atoms with Gasteiger partial charge in [0.25, 0.3) is 0 Å². The monoisotopic (exact) mass is 358 g/mol. The quantitative estimate of drug-likeness (QED) is 0.689. The number of hydrogen-bond donors (Lipinski definition) is 3. The van der Waals surface area contributed by atoms with E-state index in [-0.39, 0.29) is 18.2 Å². The highest BCUT2D eigenvalue weighted by molar-refractivity contribution is 6.05. The second kappa shape index (κ2) is 8.31. The highest BCUT2D eigenvalue weighted by Crippen LogP contribution is 2.13. The van der Waals surface area contributed by atoms with E-state index in [4.69, 9.17) is 0 Å². The van der Waals surface area contributed by atoms with Gasteiger partial charge in [0.2, 0.25) is 17.8 Å². The van der Waals surface area contributed by atoms with Gasteiger partial charge in [-0.1, -0.05) is 19.1 Å². The van der Waals surface area contributed by atoms with E-state index in [0.29, 0.717) is 5.96 Å². The number of guanidine groups is 1. The van der Waals surface area contributed by atoms with Crippen LogP contribution in [-0.2, 0) is 16.0 Å². The number of likely N-dealkylation sites (N-methyl/N-ethyl adjacent to an activating group) is 1. The highest BCUT2D eigenvalue weighted by Gasteiger charge is 2.31. The maximum Gasteiger partial charge on any atom is 0.249 e. The topological polar surface area (TPSA) is 78.2 Å². The summed E-state index contributed by atoms with van der Waals surface area (Å²) in [5.74, 6) is 0.152. The Balaban J connectivity index is 1.65. The molecule has 1 fully saturated rings. The summed E-state index contributed by atoms with van der Waals surface area (Å²) >= 11 is 0. The van der Waals surface area contributed by atoms with Gasteiger partial charge in [0, 0.05) is 5.69 Å². The Labute approximate surface area is 154 Å². The second-order valence-electron chi connectivity index (χ2n) is 6.85. The molecule has 2 aliphatic heterocycles. The van der Waals surface area contributed by atoms with Crippen molar-refractivity contribution in [3.8, 4) is 0 Å². The summed E-state index contributed by atoms with van der Waals surface area (Å²) in [7, 11) is 0. The lowest BCUT2D eigenvalue weighted by molar-refractivity contribution is -0.902. The van der Waals surface area contributed by atoms with E-state index >= 15 is 0 Å². The number of aryl methyl sites for hydroxylation is 1. The standard InChI is InChI=1S/C19H27N5O2/c1-3-14-5-7-15(8-6-14)20-18(26)16-13-17(25)22-19(21-16)24-11-9-23(4-2)10-12-24/h5-8,16H,3-4,9-13H2,1-2H3,(H,20,26)(H,21,22,25)/p+1/t16-/m1/s1. The number of aliphatic imine (C=N–C) groups is 1. The van der Waals surface area contributed by atoms with Crippen LogP contribution in [0.15, 0.2) is 29.3 Å². The summed E-state index contributed by atoms with van der Waals surface area (Å²) in [6.45, 7) is 9.10. The largest absolute Gasteiger partial charge is 0.332 e. The number of hydrogen-bond acceptors (Lipinski definition) is 4. The lowest BCUT2D eigenvalue weighted by atomic mass is 10.1. The summed E-state index contributed by atoms with van der Waals surface area (Å²) in [5.41, 5.74) is 1.95. The predicted molar refractivity (Wildman–Crippen MR) is 101 cm³/mol. The number of nitrogens with zero attached hydrogens (tertiary/aromatic N) is 2. The lowest BCUT2D eigenvalue weighted by Crippen LogP contribution is -3.14. The van der Waals surface area contributed by atoms with Crippen LogP contribution in [0.1, 0.15) is 25.8 Å². The summed E-state index contributed by atoms with van der Waals surface area (Å²) in [4.78, 5) is 32.8. The van der Waals surface area contributed by atoms with E-state index in [1.165, 1.54) is 5.56 Å². The van der Waals surface area contributed by atoms with Crippen molar-refractivity contribution in [2.75, 3.05) is 38.0 Å². The van der Waals surface area contributed by atoms with Crippen LogP contribution < -0.4 is 15.5 Å². The third-order valence-electron chi connectivity index (χ3n) is 5.11. The third-order valence-corrected chi connectivity index (χ3v) is 5.11. The summed E-state index contributed by atoms with van der Waals surface area (Å²) in [5, 5.41) is 5.70. The van der Waals surface area contributed by atoms with Crippen LogP contribution in [-0.4, -0.2) is 61.4 Å². The minimum atomic E-state index is -0.679. The molecule has 0 bridgehead atoms. The number of quaternary nitrogens is 1.